The molecule has 0 saturated heterocycles. The number of fused-ring (bicyclic) bond motifs is 3. The molecule has 1 aliphatic carbocycles. The number of ether oxygens (including phenoxy) is 1. The normalized spacial score (nSPS) is 21.6. The van der Waals surface area contributed by atoms with E-state index in [1.807, 2.05) is 13.0 Å². The summed E-state index contributed by atoms with van der Waals surface area (Å²) >= 11 is 6.32. The van der Waals surface area contributed by atoms with Crippen LogP contribution in [0.1, 0.15) is 24.0 Å². The van der Waals surface area contributed by atoms with Crippen molar-refractivity contribution in [3.8, 4) is 5.75 Å². The summed E-state index contributed by atoms with van der Waals surface area (Å²) in [5.41, 5.74) is 2.13. The molecule has 104 valence electrons. The highest BCUT2D eigenvalue weighted by molar-refractivity contribution is 6.33. The Morgan fingerprint density at radius 1 is 1.35 bits per heavy atom. The van der Waals surface area contributed by atoms with E-state index in [4.69, 9.17) is 20.8 Å². The maximum absolute atomic E-state index is 11.7. The minimum absolute atomic E-state index is 0.321. The van der Waals surface area contributed by atoms with Crippen LogP contribution in [0.2, 0.25) is 5.02 Å². The van der Waals surface area contributed by atoms with E-state index in [0.29, 0.717) is 29.1 Å². The molecule has 5 heteroatoms. The van der Waals surface area contributed by atoms with Crippen LogP contribution in [-0.4, -0.2) is 12.8 Å². The van der Waals surface area contributed by atoms with Crippen molar-refractivity contribution in [2.75, 3.05) is 6.73 Å². The van der Waals surface area contributed by atoms with Gasteiger partial charge in [-0.15, -0.1) is 0 Å². The fraction of sp³-hybridized carbons (Fsp3) is 0.400. The van der Waals surface area contributed by atoms with Crippen molar-refractivity contribution in [2.45, 2.75) is 32.4 Å². The standard InChI is InChI=1S/C15H14ClNO3/c1-8-4-13(18)20-14-10(8)5-12(16)15-11(14)6-17(7-19-15)9-2-3-9/h4-5,9H,2-3,6-7H2,1H3/p+1. The molecule has 0 radical (unpaired) electrons. The van der Waals surface area contributed by atoms with Gasteiger partial charge in [0.1, 0.15) is 6.54 Å². The van der Waals surface area contributed by atoms with Crippen LogP contribution in [0.15, 0.2) is 21.3 Å². The zero-order valence-electron chi connectivity index (χ0n) is 11.2. The number of aryl methyl sites for hydroxylation is 1. The molecule has 1 unspecified atom stereocenters. The molecule has 1 N–H and O–H groups in total. The van der Waals surface area contributed by atoms with Crippen LogP contribution in [0.5, 0.6) is 5.75 Å². The van der Waals surface area contributed by atoms with Gasteiger partial charge >= 0.3 is 5.63 Å². The molecule has 0 amide bonds. The van der Waals surface area contributed by atoms with Gasteiger partial charge in [0.25, 0.3) is 0 Å². The predicted octanol–water partition coefficient (Wildman–Crippen LogP) is 1.65. The quantitative estimate of drug-likeness (QED) is 0.813. The van der Waals surface area contributed by atoms with E-state index in [-0.39, 0.29) is 5.63 Å². The number of hydrogen-bond donors (Lipinski definition) is 1. The first-order chi connectivity index (χ1) is 9.63. The zero-order chi connectivity index (χ0) is 13.9. The van der Waals surface area contributed by atoms with Gasteiger partial charge in [-0.3, -0.25) is 4.90 Å². The lowest BCUT2D eigenvalue weighted by Gasteiger charge is -2.27. The van der Waals surface area contributed by atoms with Gasteiger partial charge < -0.3 is 9.15 Å². The predicted molar refractivity (Wildman–Crippen MR) is 75.4 cm³/mol. The summed E-state index contributed by atoms with van der Waals surface area (Å²) in [6.07, 6.45) is 2.49. The first-order valence-corrected chi connectivity index (χ1v) is 7.24. The Labute approximate surface area is 120 Å². The molecule has 1 aromatic carbocycles. The van der Waals surface area contributed by atoms with Gasteiger partial charge in [-0.2, -0.15) is 0 Å². The summed E-state index contributed by atoms with van der Waals surface area (Å²) in [4.78, 5) is 13.0. The maximum atomic E-state index is 11.7. The second-order valence-electron chi connectivity index (χ2n) is 5.69. The molecule has 1 atom stereocenters. The van der Waals surface area contributed by atoms with Crippen molar-refractivity contribution >= 4 is 22.6 Å². The third-order valence-electron chi connectivity index (χ3n) is 4.20. The molecule has 4 nitrogen and oxygen atoms in total. The Morgan fingerprint density at radius 3 is 2.90 bits per heavy atom. The van der Waals surface area contributed by atoms with Crippen LogP contribution in [0.25, 0.3) is 11.0 Å². The lowest BCUT2D eigenvalue weighted by atomic mass is 10.0. The summed E-state index contributed by atoms with van der Waals surface area (Å²) in [6.45, 7) is 3.35. The number of rotatable bonds is 1. The van der Waals surface area contributed by atoms with Gasteiger partial charge in [0.05, 0.1) is 16.6 Å². The lowest BCUT2D eigenvalue weighted by Crippen LogP contribution is -3.13. The Kier molecular flexibility index (Phi) is 2.59. The van der Waals surface area contributed by atoms with Crippen molar-refractivity contribution in [2.24, 2.45) is 0 Å². The van der Waals surface area contributed by atoms with E-state index in [1.165, 1.54) is 23.8 Å². The molecule has 2 heterocycles. The molecule has 2 aliphatic rings. The van der Waals surface area contributed by atoms with Crippen molar-refractivity contribution < 1.29 is 14.1 Å². The highest BCUT2D eigenvalue weighted by Crippen LogP contribution is 2.37. The van der Waals surface area contributed by atoms with Gasteiger partial charge in [0, 0.05) is 24.3 Å². The molecular formula is C15H15ClNO3+. The summed E-state index contributed by atoms with van der Waals surface area (Å²) < 4.78 is 11.3. The minimum Gasteiger partial charge on any atom is -0.443 e. The minimum atomic E-state index is -0.321. The van der Waals surface area contributed by atoms with Gasteiger partial charge in [0.2, 0.25) is 6.73 Å². The molecule has 1 aliphatic heterocycles. The van der Waals surface area contributed by atoms with Crippen LogP contribution in [0, 0.1) is 6.92 Å². The fourth-order valence-corrected chi connectivity index (χ4v) is 3.25. The van der Waals surface area contributed by atoms with Crippen LogP contribution in [0.3, 0.4) is 0 Å². The second kappa shape index (κ2) is 4.24. The first kappa shape index (κ1) is 12.2. The number of benzene rings is 1. The maximum Gasteiger partial charge on any atom is 0.336 e. The lowest BCUT2D eigenvalue weighted by molar-refractivity contribution is -0.943. The van der Waals surface area contributed by atoms with Crippen molar-refractivity contribution in [3.63, 3.8) is 0 Å². The fourth-order valence-electron chi connectivity index (χ4n) is 2.98. The number of halogens is 1. The summed E-state index contributed by atoms with van der Waals surface area (Å²) in [5.74, 6) is 0.678. The average Bonchev–Trinajstić information content (AvgIpc) is 3.24. The van der Waals surface area contributed by atoms with E-state index in [0.717, 1.165) is 23.1 Å². The SMILES string of the molecule is Cc1cc(=O)oc2c3c(c(Cl)cc12)OC[NH+](C1CC1)C3. The molecule has 20 heavy (non-hydrogen) atoms. The number of quaternary nitrogens is 1. The van der Waals surface area contributed by atoms with Crippen LogP contribution < -0.4 is 15.3 Å². The summed E-state index contributed by atoms with van der Waals surface area (Å²) in [7, 11) is 0. The van der Waals surface area contributed by atoms with Gasteiger partial charge in [0.15, 0.2) is 11.3 Å². The Bertz CT molecular complexity index is 764. The van der Waals surface area contributed by atoms with E-state index in [9.17, 15) is 4.79 Å². The highest BCUT2D eigenvalue weighted by Gasteiger charge is 2.38. The number of nitrogens with one attached hydrogen (secondary N) is 1. The molecular weight excluding hydrogens is 278 g/mol. The van der Waals surface area contributed by atoms with Crippen molar-refractivity contribution in [1.82, 2.24) is 0 Å². The molecule has 0 spiro atoms. The Balaban J connectivity index is 1.97. The summed E-state index contributed by atoms with van der Waals surface area (Å²) in [5, 5.41) is 1.49. The van der Waals surface area contributed by atoms with Crippen LogP contribution >= 0.6 is 11.6 Å². The van der Waals surface area contributed by atoms with E-state index < -0.39 is 0 Å². The van der Waals surface area contributed by atoms with E-state index in [1.54, 1.807) is 0 Å². The van der Waals surface area contributed by atoms with Gasteiger partial charge in [-0.25, -0.2) is 4.79 Å². The third kappa shape index (κ3) is 1.83. The molecule has 2 aromatic rings. The molecule has 4 rings (SSSR count). The zero-order valence-corrected chi connectivity index (χ0v) is 11.9. The average molecular weight is 293 g/mol. The second-order valence-corrected chi connectivity index (χ2v) is 6.10. The number of hydrogen-bond acceptors (Lipinski definition) is 3. The van der Waals surface area contributed by atoms with E-state index >= 15 is 0 Å². The summed E-state index contributed by atoms with van der Waals surface area (Å²) in [6, 6.07) is 4.00. The molecule has 0 bridgehead atoms. The Morgan fingerprint density at radius 2 is 2.15 bits per heavy atom. The first-order valence-electron chi connectivity index (χ1n) is 6.86. The Hall–Kier alpha value is -1.52. The van der Waals surface area contributed by atoms with E-state index in [2.05, 4.69) is 0 Å². The molecule has 1 saturated carbocycles. The third-order valence-corrected chi connectivity index (χ3v) is 4.48. The van der Waals surface area contributed by atoms with Gasteiger partial charge in [-0.05, 0) is 18.6 Å². The monoisotopic (exact) mass is 292 g/mol. The van der Waals surface area contributed by atoms with Crippen molar-refractivity contribution in [1.29, 1.82) is 0 Å². The van der Waals surface area contributed by atoms with Crippen LogP contribution in [0.4, 0.5) is 0 Å². The van der Waals surface area contributed by atoms with Crippen molar-refractivity contribution in [3.05, 3.63) is 38.7 Å². The molecule has 1 aromatic heterocycles. The largest absolute Gasteiger partial charge is 0.443 e. The smallest absolute Gasteiger partial charge is 0.336 e. The highest BCUT2D eigenvalue weighted by atomic mass is 35.5. The topological polar surface area (TPSA) is 43.9 Å². The van der Waals surface area contributed by atoms with Crippen LogP contribution in [-0.2, 0) is 6.54 Å². The van der Waals surface area contributed by atoms with Gasteiger partial charge in [-0.1, -0.05) is 11.6 Å². The molecule has 1 fully saturated rings.